The number of hydrogen-bond acceptors (Lipinski definition) is 3. The van der Waals surface area contributed by atoms with E-state index in [0.29, 0.717) is 12.2 Å². The molecule has 5 heteroatoms. The van der Waals surface area contributed by atoms with Crippen LogP contribution in [0.15, 0.2) is 30.3 Å². The minimum absolute atomic E-state index is 0.339. The van der Waals surface area contributed by atoms with Gasteiger partial charge in [-0.3, -0.25) is 9.59 Å². The number of benzene rings is 1. The zero-order valence-corrected chi connectivity index (χ0v) is 11.7. The van der Waals surface area contributed by atoms with E-state index >= 15 is 0 Å². The molecule has 0 unspecified atom stereocenters. The molecule has 0 heterocycles. The molecular formula is C14H18O4S. The van der Waals surface area contributed by atoms with Gasteiger partial charge < -0.3 is 10.2 Å². The van der Waals surface area contributed by atoms with Gasteiger partial charge in [-0.1, -0.05) is 30.3 Å². The van der Waals surface area contributed by atoms with Gasteiger partial charge in [0.25, 0.3) is 0 Å². The minimum Gasteiger partial charge on any atom is -0.481 e. The molecule has 1 aromatic rings. The van der Waals surface area contributed by atoms with Crippen LogP contribution in [-0.2, 0) is 15.3 Å². The highest BCUT2D eigenvalue weighted by atomic mass is 32.2. The monoisotopic (exact) mass is 282 g/mol. The largest absolute Gasteiger partial charge is 0.481 e. The predicted molar refractivity (Wildman–Crippen MR) is 75.2 cm³/mol. The molecule has 0 saturated carbocycles. The molecule has 4 nitrogen and oxygen atoms in total. The second kappa shape index (κ2) is 7.19. The maximum absolute atomic E-state index is 11.1. The smallest absolute Gasteiger partial charge is 0.309 e. The van der Waals surface area contributed by atoms with Gasteiger partial charge in [0, 0.05) is 5.75 Å². The van der Waals surface area contributed by atoms with Crippen molar-refractivity contribution in [3.8, 4) is 0 Å². The van der Waals surface area contributed by atoms with Gasteiger partial charge in [0.15, 0.2) is 0 Å². The second-order valence-electron chi connectivity index (χ2n) is 4.72. The molecule has 19 heavy (non-hydrogen) atoms. The van der Waals surface area contributed by atoms with Crippen molar-refractivity contribution in [2.75, 3.05) is 5.75 Å². The van der Waals surface area contributed by atoms with Crippen molar-refractivity contribution in [2.24, 2.45) is 5.41 Å². The van der Waals surface area contributed by atoms with Crippen LogP contribution in [0.2, 0.25) is 0 Å². The highest BCUT2D eigenvalue weighted by Gasteiger charge is 2.35. The van der Waals surface area contributed by atoms with Crippen LogP contribution < -0.4 is 0 Å². The van der Waals surface area contributed by atoms with Crippen LogP contribution in [0.25, 0.3) is 0 Å². The third kappa shape index (κ3) is 5.34. The molecule has 0 aliphatic carbocycles. The molecular weight excluding hydrogens is 264 g/mol. The van der Waals surface area contributed by atoms with Crippen LogP contribution in [0.1, 0.15) is 25.3 Å². The first-order valence-electron chi connectivity index (χ1n) is 6.01. The van der Waals surface area contributed by atoms with Gasteiger partial charge in [0.2, 0.25) is 0 Å². The van der Waals surface area contributed by atoms with Gasteiger partial charge in [-0.25, -0.2) is 0 Å². The van der Waals surface area contributed by atoms with E-state index in [0.717, 1.165) is 5.75 Å². The molecule has 2 N–H and O–H groups in total. The number of aliphatic carboxylic acids is 2. The van der Waals surface area contributed by atoms with E-state index in [2.05, 4.69) is 0 Å². The lowest BCUT2D eigenvalue weighted by atomic mass is 9.84. The van der Waals surface area contributed by atoms with Gasteiger partial charge in [-0.2, -0.15) is 11.8 Å². The average Bonchev–Trinajstić information content (AvgIpc) is 2.35. The summed E-state index contributed by atoms with van der Waals surface area (Å²) in [6.45, 7) is 1.49. The van der Waals surface area contributed by atoms with E-state index in [4.69, 9.17) is 10.2 Å². The van der Waals surface area contributed by atoms with Gasteiger partial charge in [0.05, 0.1) is 11.8 Å². The Labute approximate surface area is 116 Å². The van der Waals surface area contributed by atoms with Crippen molar-refractivity contribution in [1.29, 1.82) is 0 Å². The van der Waals surface area contributed by atoms with Crippen LogP contribution >= 0.6 is 11.8 Å². The Kier molecular flexibility index (Phi) is 5.89. The minimum atomic E-state index is -1.18. The Bertz CT molecular complexity index is 432. The molecule has 0 amide bonds. The molecule has 0 bridgehead atoms. The number of carboxylic acids is 2. The summed E-state index contributed by atoms with van der Waals surface area (Å²) in [6.07, 6.45) is 0.0142. The molecule has 0 aliphatic rings. The molecule has 1 aromatic carbocycles. The van der Waals surface area contributed by atoms with Crippen molar-refractivity contribution >= 4 is 23.7 Å². The highest BCUT2D eigenvalue weighted by molar-refractivity contribution is 7.98. The topological polar surface area (TPSA) is 74.6 Å². The van der Waals surface area contributed by atoms with Gasteiger partial charge in [0.1, 0.15) is 0 Å². The van der Waals surface area contributed by atoms with Crippen LogP contribution in [0, 0.1) is 5.41 Å². The first-order valence-corrected chi connectivity index (χ1v) is 7.16. The van der Waals surface area contributed by atoms with Gasteiger partial charge in [-0.15, -0.1) is 0 Å². The summed E-state index contributed by atoms with van der Waals surface area (Å²) in [6, 6.07) is 9.90. The van der Waals surface area contributed by atoms with E-state index in [-0.39, 0.29) is 6.42 Å². The van der Waals surface area contributed by atoms with Gasteiger partial charge in [-0.05, 0) is 24.7 Å². The summed E-state index contributed by atoms with van der Waals surface area (Å²) in [5.74, 6) is -0.678. The van der Waals surface area contributed by atoms with E-state index in [1.54, 1.807) is 11.8 Å². The van der Waals surface area contributed by atoms with E-state index in [1.165, 1.54) is 12.5 Å². The summed E-state index contributed by atoms with van der Waals surface area (Å²) in [5, 5.41) is 17.9. The van der Waals surface area contributed by atoms with Crippen LogP contribution in [0.3, 0.4) is 0 Å². The van der Waals surface area contributed by atoms with Crippen molar-refractivity contribution in [1.82, 2.24) is 0 Å². The third-order valence-corrected chi connectivity index (χ3v) is 4.00. The number of carbonyl (C=O) groups is 2. The van der Waals surface area contributed by atoms with Crippen LogP contribution in [-0.4, -0.2) is 27.9 Å². The second-order valence-corrected chi connectivity index (χ2v) is 5.83. The molecule has 0 spiro atoms. The maximum atomic E-state index is 11.1. The maximum Gasteiger partial charge on any atom is 0.309 e. The Hall–Kier alpha value is -1.49. The normalized spacial score (nSPS) is 13.7. The first-order chi connectivity index (χ1) is 8.94. The average molecular weight is 282 g/mol. The highest BCUT2D eigenvalue weighted by Crippen LogP contribution is 2.29. The molecule has 0 aliphatic heterocycles. The first kappa shape index (κ1) is 15.6. The Morgan fingerprint density at radius 1 is 1.21 bits per heavy atom. The van der Waals surface area contributed by atoms with Crippen molar-refractivity contribution in [2.45, 2.75) is 25.5 Å². The Morgan fingerprint density at radius 2 is 1.84 bits per heavy atom. The fourth-order valence-electron chi connectivity index (χ4n) is 1.67. The lowest BCUT2D eigenvalue weighted by molar-refractivity contribution is -0.154. The zero-order valence-electron chi connectivity index (χ0n) is 10.8. The summed E-state index contributed by atoms with van der Waals surface area (Å²) in [5.41, 5.74) is -0.00189. The van der Waals surface area contributed by atoms with Crippen molar-refractivity contribution in [3.63, 3.8) is 0 Å². The summed E-state index contributed by atoms with van der Waals surface area (Å²) < 4.78 is 0. The summed E-state index contributed by atoms with van der Waals surface area (Å²) in [4.78, 5) is 21.9. The summed E-state index contributed by atoms with van der Waals surface area (Å²) in [7, 11) is 0. The molecule has 104 valence electrons. The Balaban J connectivity index is 2.41. The standard InChI is InChI=1S/C14H18O4S/c1-14(13(17)18,9-12(15)16)7-8-19-10-11-5-3-2-4-6-11/h2-6H,7-10H2,1H3,(H,15,16)(H,17,18)/t14-/m0/s1. The van der Waals surface area contributed by atoms with Crippen molar-refractivity contribution < 1.29 is 19.8 Å². The van der Waals surface area contributed by atoms with Gasteiger partial charge >= 0.3 is 11.9 Å². The molecule has 0 saturated heterocycles. The molecule has 0 fully saturated rings. The molecule has 0 aromatic heterocycles. The zero-order chi connectivity index (χ0) is 14.3. The Morgan fingerprint density at radius 3 is 2.37 bits per heavy atom. The van der Waals surface area contributed by atoms with E-state index in [1.807, 2.05) is 30.3 Å². The SMILES string of the molecule is C[C@](CCSCc1ccccc1)(CC(=O)O)C(=O)O. The lowest BCUT2D eigenvalue weighted by Gasteiger charge is -2.22. The van der Waals surface area contributed by atoms with Crippen molar-refractivity contribution in [3.05, 3.63) is 35.9 Å². The lowest BCUT2D eigenvalue weighted by Crippen LogP contribution is -2.31. The molecule has 1 rings (SSSR count). The molecule has 0 radical (unpaired) electrons. The van der Waals surface area contributed by atoms with E-state index in [9.17, 15) is 9.59 Å². The number of thioether (sulfide) groups is 1. The molecule has 1 atom stereocenters. The number of rotatable bonds is 8. The summed E-state index contributed by atoms with van der Waals surface area (Å²) >= 11 is 1.62. The van der Waals surface area contributed by atoms with Crippen LogP contribution in [0.5, 0.6) is 0 Å². The predicted octanol–water partition coefficient (Wildman–Crippen LogP) is 2.88. The van der Waals surface area contributed by atoms with E-state index < -0.39 is 17.4 Å². The fraction of sp³-hybridized carbons (Fsp3) is 0.429. The number of hydrogen-bond donors (Lipinski definition) is 2. The fourth-order valence-corrected chi connectivity index (χ4v) is 2.83. The quantitative estimate of drug-likeness (QED) is 0.717. The number of carboxylic acid groups (broad SMARTS) is 2. The third-order valence-electron chi connectivity index (χ3n) is 2.97. The van der Waals surface area contributed by atoms with Crippen LogP contribution in [0.4, 0.5) is 0 Å².